The molecule has 1 aromatic heterocycles. The van der Waals surface area contributed by atoms with Gasteiger partial charge in [0.1, 0.15) is 12.4 Å². The van der Waals surface area contributed by atoms with E-state index in [0.29, 0.717) is 34.4 Å². The van der Waals surface area contributed by atoms with Crippen LogP contribution in [0.5, 0.6) is 5.75 Å². The first-order chi connectivity index (χ1) is 13.0. The largest absolute Gasteiger partial charge is 0.489 e. The number of aromatic nitrogens is 2. The highest BCUT2D eigenvalue weighted by molar-refractivity contribution is 6.35. The van der Waals surface area contributed by atoms with Crippen molar-refractivity contribution in [3.63, 3.8) is 0 Å². The summed E-state index contributed by atoms with van der Waals surface area (Å²) in [6, 6.07) is 13.1. The van der Waals surface area contributed by atoms with Gasteiger partial charge in [0, 0.05) is 24.1 Å². The van der Waals surface area contributed by atoms with E-state index in [1.165, 1.54) is 0 Å². The maximum Gasteiger partial charge on any atom is 0.255 e. The Hall–Kier alpha value is -2.50. The van der Waals surface area contributed by atoms with Crippen molar-refractivity contribution < 1.29 is 9.53 Å². The maximum atomic E-state index is 12.9. The van der Waals surface area contributed by atoms with Crippen molar-refractivity contribution in [2.45, 2.75) is 12.5 Å². The molecule has 4 rings (SSSR count). The summed E-state index contributed by atoms with van der Waals surface area (Å²) in [5.41, 5.74) is 3.29. The standard InChI is InChI=1S/C20H17Cl2N3O2/c1-25-18(7-12-5-3-2-4-6-12)15(10-23-25)20(26)24-17-11-27-19-14(17)8-13(21)9-16(19)22/h2-6,8-10,17H,7,11H2,1H3,(H,24,26). The zero-order valence-corrected chi connectivity index (χ0v) is 16.1. The molecule has 0 fully saturated rings. The SMILES string of the molecule is Cn1ncc(C(=O)NC2COc3c(Cl)cc(Cl)cc32)c1Cc1ccccc1. The topological polar surface area (TPSA) is 56.2 Å². The monoisotopic (exact) mass is 401 g/mol. The van der Waals surface area contributed by atoms with Gasteiger partial charge in [-0.3, -0.25) is 9.48 Å². The first-order valence-electron chi connectivity index (χ1n) is 8.50. The highest BCUT2D eigenvalue weighted by Crippen LogP contribution is 2.40. The molecular weight excluding hydrogens is 385 g/mol. The fraction of sp³-hybridized carbons (Fsp3) is 0.200. The molecule has 2 heterocycles. The summed E-state index contributed by atoms with van der Waals surface area (Å²) in [4.78, 5) is 12.9. The molecule has 3 aromatic rings. The van der Waals surface area contributed by atoms with Crippen molar-refractivity contribution in [3.8, 4) is 5.75 Å². The summed E-state index contributed by atoms with van der Waals surface area (Å²) < 4.78 is 7.37. The van der Waals surface area contributed by atoms with Gasteiger partial charge in [-0.25, -0.2) is 0 Å². The molecule has 0 saturated carbocycles. The third kappa shape index (κ3) is 3.53. The summed E-state index contributed by atoms with van der Waals surface area (Å²) in [7, 11) is 1.84. The average molecular weight is 402 g/mol. The zero-order valence-electron chi connectivity index (χ0n) is 14.6. The van der Waals surface area contributed by atoms with E-state index in [4.69, 9.17) is 27.9 Å². The van der Waals surface area contributed by atoms with Gasteiger partial charge in [0.2, 0.25) is 0 Å². The van der Waals surface area contributed by atoms with Gasteiger partial charge >= 0.3 is 0 Å². The van der Waals surface area contributed by atoms with Crippen molar-refractivity contribution in [1.82, 2.24) is 15.1 Å². The van der Waals surface area contributed by atoms with E-state index in [0.717, 1.165) is 16.8 Å². The molecule has 7 heteroatoms. The van der Waals surface area contributed by atoms with Crippen LogP contribution in [-0.2, 0) is 13.5 Å². The second-order valence-corrected chi connectivity index (χ2v) is 7.28. The first-order valence-corrected chi connectivity index (χ1v) is 9.26. The quantitative estimate of drug-likeness (QED) is 0.713. The first kappa shape index (κ1) is 17.9. The number of fused-ring (bicyclic) bond motifs is 1. The summed E-state index contributed by atoms with van der Waals surface area (Å²) >= 11 is 12.3. The number of hydrogen-bond acceptors (Lipinski definition) is 3. The van der Waals surface area contributed by atoms with E-state index in [1.54, 1.807) is 23.0 Å². The Kier molecular flexibility index (Phi) is 4.81. The molecule has 1 aliphatic heterocycles. The van der Waals surface area contributed by atoms with Gasteiger partial charge in [0.15, 0.2) is 0 Å². The molecule has 5 nitrogen and oxygen atoms in total. The van der Waals surface area contributed by atoms with Crippen LogP contribution in [0.15, 0.2) is 48.7 Å². The molecule has 2 aromatic carbocycles. The molecule has 0 bridgehead atoms. The van der Waals surface area contributed by atoms with Crippen molar-refractivity contribution in [2.24, 2.45) is 7.05 Å². The Balaban J connectivity index is 1.57. The summed E-state index contributed by atoms with van der Waals surface area (Å²) in [5, 5.41) is 8.23. The number of nitrogens with zero attached hydrogens (tertiary/aromatic N) is 2. The molecule has 1 aliphatic rings. The number of hydrogen-bond donors (Lipinski definition) is 1. The average Bonchev–Trinajstić information content (AvgIpc) is 3.20. The second kappa shape index (κ2) is 7.25. The van der Waals surface area contributed by atoms with E-state index in [-0.39, 0.29) is 11.9 Å². The molecule has 0 aliphatic carbocycles. The predicted molar refractivity (Wildman–Crippen MR) is 105 cm³/mol. The Morgan fingerprint density at radius 2 is 2.07 bits per heavy atom. The minimum Gasteiger partial charge on any atom is -0.489 e. The van der Waals surface area contributed by atoms with Crippen LogP contribution in [0.25, 0.3) is 0 Å². The fourth-order valence-electron chi connectivity index (χ4n) is 3.25. The Morgan fingerprint density at radius 1 is 1.30 bits per heavy atom. The molecule has 1 unspecified atom stereocenters. The number of nitrogens with one attached hydrogen (secondary N) is 1. The van der Waals surface area contributed by atoms with Gasteiger partial charge in [0.05, 0.1) is 28.5 Å². The normalized spacial score (nSPS) is 15.3. The van der Waals surface area contributed by atoms with Crippen LogP contribution < -0.4 is 10.1 Å². The zero-order chi connectivity index (χ0) is 19.0. The second-order valence-electron chi connectivity index (χ2n) is 6.43. The van der Waals surface area contributed by atoms with Gasteiger partial charge in [-0.2, -0.15) is 5.10 Å². The number of carbonyl (C=O) groups is 1. The number of ether oxygens (including phenoxy) is 1. The minimum atomic E-state index is -0.312. The number of halogens is 2. The Bertz CT molecular complexity index is 1000. The van der Waals surface area contributed by atoms with Gasteiger partial charge < -0.3 is 10.1 Å². The van der Waals surface area contributed by atoms with Crippen molar-refractivity contribution in [2.75, 3.05) is 6.61 Å². The van der Waals surface area contributed by atoms with E-state index in [1.807, 2.05) is 37.4 Å². The molecule has 0 spiro atoms. The van der Waals surface area contributed by atoms with Gasteiger partial charge in [-0.15, -0.1) is 0 Å². The molecule has 138 valence electrons. The lowest BCUT2D eigenvalue weighted by Crippen LogP contribution is -2.30. The number of carbonyl (C=O) groups excluding carboxylic acids is 1. The Morgan fingerprint density at radius 3 is 2.85 bits per heavy atom. The maximum absolute atomic E-state index is 12.9. The number of benzene rings is 2. The van der Waals surface area contributed by atoms with E-state index in [9.17, 15) is 4.79 Å². The molecule has 0 radical (unpaired) electrons. The van der Waals surface area contributed by atoms with Crippen LogP contribution in [0.1, 0.15) is 33.2 Å². The number of aryl methyl sites for hydroxylation is 1. The lowest BCUT2D eigenvalue weighted by Gasteiger charge is -2.13. The molecular formula is C20H17Cl2N3O2. The lowest BCUT2D eigenvalue weighted by atomic mass is 10.1. The van der Waals surface area contributed by atoms with Crippen molar-refractivity contribution >= 4 is 29.1 Å². The molecule has 27 heavy (non-hydrogen) atoms. The third-order valence-electron chi connectivity index (χ3n) is 4.63. The van der Waals surface area contributed by atoms with E-state index < -0.39 is 0 Å². The van der Waals surface area contributed by atoms with Crippen LogP contribution in [0.4, 0.5) is 0 Å². The predicted octanol–water partition coefficient (Wildman–Crippen LogP) is 4.18. The highest BCUT2D eigenvalue weighted by Gasteiger charge is 2.29. The van der Waals surface area contributed by atoms with Crippen LogP contribution >= 0.6 is 23.2 Å². The fourth-order valence-corrected chi connectivity index (χ4v) is 3.82. The van der Waals surface area contributed by atoms with Crippen LogP contribution in [-0.4, -0.2) is 22.3 Å². The smallest absolute Gasteiger partial charge is 0.255 e. The molecule has 1 N–H and O–H groups in total. The van der Waals surface area contributed by atoms with Gasteiger partial charge in [0.25, 0.3) is 5.91 Å². The molecule has 0 saturated heterocycles. The van der Waals surface area contributed by atoms with E-state index >= 15 is 0 Å². The Labute approximate surface area is 166 Å². The summed E-state index contributed by atoms with van der Waals surface area (Å²) in [6.45, 7) is 0.315. The van der Waals surface area contributed by atoms with Crippen LogP contribution in [0, 0.1) is 0 Å². The number of rotatable bonds is 4. The van der Waals surface area contributed by atoms with Gasteiger partial charge in [-0.1, -0.05) is 53.5 Å². The van der Waals surface area contributed by atoms with Crippen molar-refractivity contribution in [1.29, 1.82) is 0 Å². The van der Waals surface area contributed by atoms with Gasteiger partial charge in [-0.05, 0) is 17.7 Å². The highest BCUT2D eigenvalue weighted by atomic mass is 35.5. The summed E-state index contributed by atoms with van der Waals surface area (Å²) in [6.07, 6.45) is 2.21. The lowest BCUT2D eigenvalue weighted by molar-refractivity contribution is 0.0929. The number of amides is 1. The van der Waals surface area contributed by atoms with Crippen LogP contribution in [0.2, 0.25) is 10.0 Å². The minimum absolute atomic E-state index is 0.202. The van der Waals surface area contributed by atoms with Crippen molar-refractivity contribution in [3.05, 3.63) is 81.1 Å². The van der Waals surface area contributed by atoms with Crippen LogP contribution in [0.3, 0.4) is 0 Å². The summed E-state index contributed by atoms with van der Waals surface area (Å²) in [5.74, 6) is 0.369. The molecule has 1 atom stereocenters. The van der Waals surface area contributed by atoms with E-state index in [2.05, 4.69) is 10.4 Å². The molecule has 1 amide bonds. The third-order valence-corrected chi connectivity index (χ3v) is 5.13.